The monoisotopic (exact) mass is 287 g/mol. The molecule has 0 aliphatic rings. The summed E-state index contributed by atoms with van der Waals surface area (Å²) in [6, 6.07) is -0.182. The summed E-state index contributed by atoms with van der Waals surface area (Å²) in [5.74, 6) is 6.39. The van der Waals surface area contributed by atoms with Gasteiger partial charge < -0.3 is 21.4 Å². The van der Waals surface area contributed by atoms with Gasteiger partial charge in [0.15, 0.2) is 0 Å². The molecule has 0 bridgehead atoms. The van der Waals surface area contributed by atoms with E-state index in [2.05, 4.69) is 22.4 Å². The second kappa shape index (κ2) is 15.0. The van der Waals surface area contributed by atoms with Gasteiger partial charge in [0.05, 0.1) is 0 Å². The Kier molecular flexibility index (Phi) is 18.4. The van der Waals surface area contributed by atoms with E-state index in [9.17, 15) is 4.79 Å². The van der Waals surface area contributed by atoms with Crippen LogP contribution in [0.2, 0.25) is 0 Å². The van der Waals surface area contributed by atoms with E-state index in [4.69, 9.17) is 5.90 Å². The molecule has 0 aliphatic carbocycles. The molecule has 2 amide bonds. The van der Waals surface area contributed by atoms with E-state index in [0.717, 1.165) is 12.8 Å². The second-order valence-corrected chi connectivity index (χ2v) is 3.09. The maximum absolute atomic E-state index is 11.0. The van der Waals surface area contributed by atoms with Crippen molar-refractivity contribution in [1.82, 2.24) is 10.6 Å². The molecular formula is C9H20N3O2Rb. The van der Waals surface area contributed by atoms with Crippen LogP contribution in [0.1, 0.15) is 32.6 Å². The van der Waals surface area contributed by atoms with Crippen molar-refractivity contribution in [3.8, 4) is 0 Å². The molecule has 6 heteroatoms. The van der Waals surface area contributed by atoms with Crippen molar-refractivity contribution in [1.29, 1.82) is 0 Å². The van der Waals surface area contributed by atoms with Gasteiger partial charge in [0, 0.05) is 19.7 Å². The van der Waals surface area contributed by atoms with Crippen molar-refractivity contribution in [2.45, 2.75) is 32.6 Å². The van der Waals surface area contributed by atoms with Crippen LogP contribution < -0.4 is 68.8 Å². The maximum atomic E-state index is 11.0. The Morgan fingerprint density at radius 3 is 2.47 bits per heavy atom. The van der Waals surface area contributed by atoms with Crippen LogP contribution >= 0.6 is 0 Å². The molecule has 0 aromatic heterocycles. The first-order valence-electron chi connectivity index (χ1n) is 5.11. The quantitative estimate of drug-likeness (QED) is 0.437. The summed E-state index contributed by atoms with van der Waals surface area (Å²) < 4.78 is 0. The van der Waals surface area contributed by atoms with E-state index < -0.39 is 0 Å². The molecule has 0 unspecified atom stereocenters. The van der Waals surface area contributed by atoms with Crippen molar-refractivity contribution >= 4 is 6.03 Å². The number of carbonyl (C=O) groups excluding carboxylic acids is 1. The predicted octanol–water partition coefficient (Wildman–Crippen LogP) is -1.15. The zero-order valence-corrected chi connectivity index (χ0v) is 14.7. The summed E-state index contributed by atoms with van der Waals surface area (Å²) >= 11 is 0. The van der Waals surface area contributed by atoms with Crippen LogP contribution in [0.3, 0.4) is 0 Å². The van der Waals surface area contributed by atoms with Crippen LogP contribution in [-0.4, -0.2) is 25.7 Å². The molecule has 0 heterocycles. The minimum Gasteiger partial charge on any atom is -0.549 e. The topological polar surface area (TPSA) is 74.2 Å². The van der Waals surface area contributed by atoms with Gasteiger partial charge in [-0.2, -0.15) is 0 Å². The average molecular weight is 288 g/mol. The number of rotatable bonds is 8. The average Bonchev–Trinajstić information content (AvgIpc) is 2.18. The smallest absolute Gasteiger partial charge is 0.549 e. The van der Waals surface area contributed by atoms with E-state index in [-0.39, 0.29) is 70.8 Å². The van der Waals surface area contributed by atoms with Crippen molar-refractivity contribution in [3.63, 3.8) is 0 Å². The van der Waals surface area contributed by atoms with Gasteiger partial charge in [-0.1, -0.05) is 26.2 Å². The van der Waals surface area contributed by atoms with Crippen LogP contribution in [-0.2, 0) is 4.84 Å². The van der Waals surface area contributed by atoms with Gasteiger partial charge in [-0.3, -0.25) is 0 Å². The van der Waals surface area contributed by atoms with Crippen molar-refractivity contribution in [2.24, 2.45) is 0 Å². The van der Waals surface area contributed by atoms with Gasteiger partial charge in [0.1, 0.15) is 0 Å². The fourth-order valence-electron chi connectivity index (χ4n) is 1.03. The number of unbranched alkanes of at least 4 members (excludes halogenated alkanes) is 3. The molecule has 0 saturated carbocycles. The summed E-state index contributed by atoms with van der Waals surface area (Å²) in [7, 11) is 0. The first-order valence-corrected chi connectivity index (χ1v) is 5.11. The van der Waals surface area contributed by atoms with Gasteiger partial charge >= 0.3 is 64.2 Å². The van der Waals surface area contributed by atoms with Crippen LogP contribution in [0.25, 0.3) is 5.90 Å². The van der Waals surface area contributed by atoms with Crippen LogP contribution in [0.5, 0.6) is 0 Å². The first-order chi connectivity index (χ1) is 6.81. The molecule has 0 aromatic rings. The number of urea groups is 1. The molecule has 0 aromatic carbocycles. The fraction of sp³-hybridized carbons (Fsp3) is 0.889. The van der Waals surface area contributed by atoms with Gasteiger partial charge in [-0.25, -0.2) is 4.79 Å². The molecule has 0 radical (unpaired) electrons. The van der Waals surface area contributed by atoms with Gasteiger partial charge in [0.2, 0.25) is 0 Å². The summed E-state index contributed by atoms with van der Waals surface area (Å²) in [4.78, 5) is 15.1. The van der Waals surface area contributed by atoms with Crippen molar-refractivity contribution in [3.05, 3.63) is 5.90 Å². The third-order valence-electron chi connectivity index (χ3n) is 1.81. The van der Waals surface area contributed by atoms with E-state index in [1.807, 2.05) is 0 Å². The number of nitrogens with one attached hydrogen (secondary N) is 3. The summed E-state index contributed by atoms with van der Waals surface area (Å²) in [5, 5.41) is 5.31. The van der Waals surface area contributed by atoms with Gasteiger partial charge in [0.25, 0.3) is 0 Å². The van der Waals surface area contributed by atoms with Crippen molar-refractivity contribution < 1.29 is 67.8 Å². The number of amides is 2. The third kappa shape index (κ3) is 15.0. The molecule has 0 rings (SSSR count). The molecule has 0 saturated heterocycles. The van der Waals surface area contributed by atoms with E-state index in [1.54, 1.807) is 0 Å². The molecule has 3 N–H and O–H groups in total. The SMILES string of the molecule is CCCCCCNC(=O)NCCO[NH-].[Rb+]. The molecule has 0 fully saturated rings. The Morgan fingerprint density at radius 1 is 1.20 bits per heavy atom. The molecule has 84 valence electrons. The molecule has 0 atom stereocenters. The predicted molar refractivity (Wildman–Crippen MR) is 55.8 cm³/mol. The van der Waals surface area contributed by atoms with Crippen LogP contribution in [0, 0.1) is 0 Å². The first kappa shape index (κ1) is 18.4. The largest absolute Gasteiger partial charge is 1.00 e. The minimum atomic E-state index is -0.182. The molecular weight excluding hydrogens is 268 g/mol. The Balaban J connectivity index is 0. The Labute approximate surface area is 141 Å². The van der Waals surface area contributed by atoms with Crippen LogP contribution in [0.15, 0.2) is 0 Å². The van der Waals surface area contributed by atoms with E-state index in [0.29, 0.717) is 13.1 Å². The number of hydrogen-bond acceptors (Lipinski definition) is 2. The third-order valence-corrected chi connectivity index (χ3v) is 1.81. The van der Waals surface area contributed by atoms with E-state index in [1.165, 1.54) is 12.8 Å². The summed E-state index contributed by atoms with van der Waals surface area (Å²) in [6.45, 7) is 3.47. The molecule has 0 aliphatic heterocycles. The Hall–Kier alpha value is 0.995. The standard InChI is InChI=1S/C9H20N3O2.Rb/c1-2-3-4-5-6-11-9(13)12-7-8-14-10;/h10H,2-8H2,1H3,(H2,11,12,13);/q-1;+1. The maximum Gasteiger partial charge on any atom is 1.00 e. The molecule has 5 nitrogen and oxygen atoms in total. The van der Waals surface area contributed by atoms with Gasteiger partial charge in [-0.05, 0) is 6.42 Å². The van der Waals surface area contributed by atoms with Gasteiger partial charge in [-0.15, -0.1) is 0 Å². The fourth-order valence-corrected chi connectivity index (χ4v) is 1.03. The minimum absolute atomic E-state index is 0. The summed E-state index contributed by atoms with van der Waals surface area (Å²) in [6.07, 6.45) is 4.60. The summed E-state index contributed by atoms with van der Waals surface area (Å²) in [5.41, 5.74) is 0. The van der Waals surface area contributed by atoms with Crippen LogP contribution in [0.4, 0.5) is 4.79 Å². The Morgan fingerprint density at radius 2 is 1.87 bits per heavy atom. The number of carbonyl (C=O) groups is 1. The number of hydrogen-bond donors (Lipinski definition) is 2. The second-order valence-electron chi connectivity index (χ2n) is 3.09. The molecule has 15 heavy (non-hydrogen) atoms. The zero-order valence-electron chi connectivity index (χ0n) is 9.77. The zero-order chi connectivity index (χ0) is 10.6. The Bertz CT molecular complexity index is 147. The molecule has 0 spiro atoms. The normalized spacial score (nSPS) is 9.20. The van der Waals surface area contributed by atoms with Crippen molar-refractivity contribution in [2.75, 3.05) is 19.7 Å². The van der Waals surface area contributed by atoms with E-state index >= 15 is 0 Å².